The topological polar surface area (TPSA) is 41.6 Å². The van der Waals surface area contributed by atoms with Gasteiger partial charge in [0.25, 0.3) is 0 Å². The highest BCUT2D eigenvalue weighted by molar-refractivity contribution is 5.70. The molecule has 174 valence electrons. The lowest BCUT2D eigenvalue weighted by atomic mass is 9.86. The third-order valence-corrected chi connectivity index (χ3v) is 8.16. The highest BCUT2D eigenvalue weighted by Gasteiger charge is 2.55. The van der Waals surface area contributed by atoms with Gasteiger partial charge in [-0.2, -0.15) is 13.2 Å². The summed E-state index contributed by atoms with van der Waals surface area (Å²) < 4.78 is 44.5. The number of piperidine rings is 3. The number of benzene rings is 2. The van der Waals surface area contributed by atoms with E-state index in [0.717, 1.165) is 86.1 Å². The molecule has 1 amide bonds. The molecule has 7 rings (SSSR count). The second-order valence-corrected chi connectivity index (χ2v) is 10.2. The maximum atomic E-state index is 12.9. The lowest BCUT2D eigenvalue weighted by molar-refractivity contribution is -0.137. The third-order valence-electron chi connectivity index (χ3n) is 8.16. The molecule has 3 aliphatic heterocycles. The van der Waals surface area contributed by atoms with Crippen LogP contribution in [0.25, 0.3) is 11.1 Å². The molecule has 1 unspecified atom stereocenters. The summed E-state index contributed by atoms with van der Waals surface area (Å²) in [6.45, 7) is 3.04. The summed E-state index contributed by atoms with van der Waals surface area (Å²) >= 11 is 0. The molecule has 2 aromatic carbocycles. The molecule has 0 radical (unpaired) electrons. The van der Waals surface area contributed by atoms with Gasteiger partial charge >= 0.3 is 12.3 Å². The summed E-state index contributed by atoms with van der Waals surface area (Å²) in [7, 11) is 0. The Labute approximate surface area is 191 Å². The van der Waals surface area contributed by atoms with Crippen molar-refractivity contribution in [2.75, 3.05) is 19.6 Å². The van der Waals surface area contributed by atoms with Crippen molar-refractivity contribution in [3.8, 4) is 11.1 Å². The van der Waals surface area contributed by atoms with Crippen molar-refractivity contribution in [2.24, 2.45) is 11.3 Å². The Morgan fingerprint density at radius 1 is 1.03 bits per heavy atom. The van der Waals surface area contributed by atoms with Crippen molar-refractivity contribution in [1.29, 1.82) is 0 Å². The summed E-state index contributed by atoms with van der Waals surface area (Å²) in [5.74, 6) is 0.470. The van der Waals surface area contributed by atoms with Crippen molar-refractivity contribution in [2.45, 2.75) is 50.4 Å². The van der Waals surface area contributed by atoms with Gasteiger partial charge in [0.1, 0.15) is 6.10 Å². The Kier molecular flexibility index (Phi) is 4.77. The molecule has 1 N–H and O–H groups in total. The number of alkyl halides is 3. The van der Waals surface area contributed by atoms with Crippen LogP contribution in [0.15, 0.2) is 42.5 Å². The predicted molar refractivity (Wildman–Crippen MR) is 118 cm³/mol. The van der Waals surface area contributed by atoms with E-state index in [1.807, 2.05) is 12.1 Å². The maximum Gasteiger partial charge on any atom is 0.416 e. The quantitative estimate of drug-likeness (QED) is 0.657. The molecule has 5 aliphatic rings. The van der Waals surface area contributed by atoms with Crippen LogP contribution in [0.1, 0.15) is 48.4 Å². The number of carbonyl (C=O) groups excluding carboxylic acids is 1. The fourth-order valence-corrected chi connectivity index (χ4v) is 6.07. The predicted octanol–water partition coefficient (Wildman–Crippen LogP) is 5.57. The van der Waals surface area contributed by atoms with Crippen molar-refractivity contribution in [3.05, 3.63) is 59.2 Å². The van der Waals surface area contributed by atoms with Gasteiger partial charge in [-0.15, -0.1) is 0 Å². The number of nitrogens with zero attached hydrogens (tertiary/aromatic N) is 1. The summed E-state index contributed by atoms with van der Waals surface area (Å²) in [4.78, 5) is 15.2. The number of ether oxygens (including phenoxy) is 1. The number of hydrogen-bond donors (Lipinski definition) is 1. The van der Waals surface area contributed by atoms with E-state index in [9.17, 15) is 18.0 Å². The second kappa shape index (κ2) is 7.49. The first-order valence-electron chi connectivity index (χ1n) is 11.8. The molecule has 3 heterocycles. The lowest BCUT2D eigenvalue weighted by Gasteiger charge is -2.44. The molecule has 3 saturated heterocycles. The average molecular weight is 457 g/mol. The molecule has 4 nitrogen and oxygen atoms in total. The summed E-state index contributed by atoms with van der Waals surface area (Å²) in [5, 5.41) is 3.17. The monoisotopic (exact) mass is 456 g/mol. The van der Waals surface area contributed by atoms with E-state index in [2.05, 4.69) is 16.3 Å². The van der Waals surface area contributed by atoms with Crippen LogP contribution in [0, 0.1) is 11.3 Å². The van der Waals surface area contributed by atoms with Crippen LogP contribution < -0.4 is 5.32 Å². The zero-order valence-electron chi connectivity index (χ0n) is 18.3. The highest BCUT2D eigenvalue weighted by atomic mass is 19.4. The Bertz CT molecular complexity index is 1070. The van der Waals surface area contributed by atoms with Crippen LogP contribution in [-0.2, 0) is 17.3 Å². The van der Waals surface area contributed by atoms with Gasteiger partial charge in [0.2, 0.25) is 0 Å². The van der Waals surface area contributed by atoms with Crippen molar-refractivity contribution < 1.29 is 22.7 Å². The van der Waals surface area contributed by atoms with E-state index in [4.69, 9.17) is 4.74 Å². The molecular formula is C26H27F3N2O2. The largest absolute Gasteiger partial charge is 0.445 e. The zero-order valence-corrected chi connectivity index (χ0v) is 18.3. The van der Waals surface area contributed by atoms with Gasteiger partial charge in [0, 0.05) is 6.54 Å². The van der Waals surface area contributed by atoms with Gasteiger partial charge in [-0.1, -0.05) is 30.3 Å². The fourth-order valence-electron chi connectivity index (χ4n) is 6.07. The molecule has 2 aromatic rings. The van der Waals surface area contributed by atoms with E-state index in [1.165, 1.54) is 12.1 Å². The first-order valence-corrected chi connectivity index (χ1v) is 11.8. The number of hydrogen-bond acceptors (Lipinski definition) is 3. The van der Waals surface area contributed by atoms with Crippen LogP contribution in [0.4, 0.5) is 18.0 Å². The Morgan fingerprint density at radius 2 is 1.73 bits per heavy atom. The molecule has 1 saturated carbocycles. The average Bonchev–Trinajstić information content (AvgIpc) is 3.51. The minimum atomic E-state index is -4.34. The number of fused-ring (bicyclic) bond motifs is 4. The molecule has 4 fully saturated rings. The first kappa shape index (κ1) is 21.0. The van der Waals surface area contributed by atoms with Gasteiger partial charge in [0.05, 0.1) is 11.6 Å². The molecule has 33 heavy (non-hydrogen) atoms. The molecular weight excluding hydrogens is 429 g/mol. The molecule has 2 aliphatic carbocycles. The summed E-state index contributed by atoms with van der Waals surface area (Å²) in [6, 6.07) is 11.3. The number of halogens is 3. The third kappa shape index (κ3) is 3.80. The Hall–Kier alpha value is -2.54. The van der Waals surface area contributed by atoms with Crippen molar-refractivity contribution in [3.63, 3.8) is 0 Å². The Morgan fingerprint density at radius 3 is 2.33 bits per heavy atom. The second-order valence-electron chi connectivity index (χ2n) is 10.2. The van der Waals surface area contributed by atoms with Crippen LogP contribution >= 0.6 is 0 Å². The van der Waals surface area contributed by atoms with E-state index < -0.39 is 11.7 Å². The highest BCUT2D eigenvalue weighted by Crippen LogP contribution is 2.62. The maximum absolute atomic E-state index is 12.9. The molecule has 1 spiro atoms. The van der Waals surface area contributed by atoms with Crippen molar-refractivity contribution >= 4 is 6.09 Å². The normalized spacial score (nSPS) is 29.1. The minimum Gasteiger partial charge on any atom is -0.445 e. The van der Waals surface area contributed by atoms with Crippen molar-refractivity contribution in [1.82, 2.24) is 10.2 Å². The number of nitrogens with one attached hydrogen (secondary N) is 1. The standard InChI is InChI=1S/C26H27F3N2O2/c27-26(28,29)20-4-1-16(2-5-20)18-3-6-21-19(13-18)14-25(9-10-25)23(21)30-24(32)33-22-15-31-11-7-17(22)8-12-31/h1-6,13,17,22-23H,7-12,14-15H2,(H,30,32)/t22-,23?/m0/s1. The number of rotatable bonds is 3. The fraction of sp³-hybridized carbons (Fsp3) is 0.500. The molecule has 2 bridgehead atoms. The van der Waals surface area contributed by atoms with Crippen LogP contribution in [-0.4, -0.2) is 36.7 Å². The SMILES string of the molecule is O=C(NC1c2ccc(-c3ccc(C(F)(F)F)cc3)cc2CC12CC2)O[C@H]1CN2CCC1CC2. The van der Waals surface area contributed by atoms with Crippen LogP contribution in [0.3, 0.4) is 0 Å². The Balaban J connectivity index is 1.19. The van der Waals surface area contributed by atoms with E-state index in [-0.39, 0.29) is 23.7 Å². The number of carbonyl (C=O) groups is 1. The van der Waals surface area contributed by atoms with Gasteiger partial charge in [-0.25, -0.2) is 4.79 Å². The van der Waals surface area contributed by atoms with E-state index >= 15 is 0 Å². The van der Waals surface area contributed by atoms with Gasteiger partial charge in [0.15, 0.2) is 0 Å². The van der Waals surface area contributed by atoms with Crippen LogP contribution in [0.5, 0.6) is 0 Å². The zero-order chi connectivity index (χ0) is 22.8. The molecule has 2 atom stereocenters. The summed E-state index contributed by atoms with van der Waals surface area (Å²) in [6.07, 6.45) is 0.500. The van der Waals surface area contributed by atoms with Gasteiger partial charge in [-0.3, -0.25) is 4.90 Å². The van der Waals surface area contributed by atoms with Gasteiger partial charge < -0.3 is 10.1 Å². The minimum absolute atomic E-state index is 0.0226. The number of alkyl carbamates (subject to hydrolysis) is 1. The molecule has 0 aromatic heterocycles. The van der Waals surface area contributed by atoms with E-state index in [0.29, 0.717) is 5.92 Å². The smallest absolute Gasteiger partial charge is 0.416 e. The number of amides is 1. The van der Waals surface area contributed by atoms with E-state index in [1.54, 1.807) is 0 Å². The summed E-state index contributed by atoms with van der Waals surface area (Å²) in [5.41, 5.74) is 3.33. The lowest BCUT2D eigenvalue weighted by Crippen LogP contribution is -2.52. The van der Waals surface area contributed by atoms with Crippen LogP contribution in [0.2, 0.25) is 0 Å². The van der Waals surface area contributed by atoms with Gasteiger partial charge in [-0.05, 0) is 90.9 Å². The molecule has 7 heteroatoms. The first-order chi connectivity index (χ1) is 15.8.